The van der Waals surface area contributed by atoms with Crippen molar-refractivity contribution in [2.45, 2.75) is 13.3 Å². The lowest BCUT2D eigenvalue weighted by atomic mass is 9.98. The topological polar surface area (TPSA) is 9.23 Å². The first-order valence-electron chi connectivity index (χ1n) is 4.42. The van der Waals surface area contributed by atoms with Gasteiger partial charge in [0.1, 0.15) is 5.82 Å². The van der Waals surface area contributed by atoms with Gasteiger partial charge in [0, 0.05) is 24.7 Å². The van der Waals surface area contributed by atoms with Crippen LogP contribution in [0.2, 0.25) is 5.02 Å². The van der Waals surface area contributed by atoms with Crippen LogP contribution in [0, 0.1) is 11.7 Å². The molecule has 14 heavy (non-hydrogen) atoms. The van der Waals surface area contributed by atoms with Gasteiger partial charge in [-0.05, 0) is 30.2 Å². The van der Waals surface area contributed by atoms with Gasteiger partial charge >= 0.3 is 0 Å². The smallest absolute Gasteiger partial charge is 0.123 e. The minimum atomic E-state index is -0.263. The summed E-state index contributed by atoms with van der Waals surface area (Å²) in [4.78, 5) is 0. The molecule has 0 heterocycles. The number of hydrogen-bond acceptors (Lipinski definition) is 1. The van der Waals surface area contributed by atoms with E-state index in [2.05, 4.69) is 0 Å². The molecule has 0 saturated heterocycles. The summed E-state index contributed by atoms with van der Waals surface area (Å²) in [6.45, 7) is 2.55. The molecule has 0 fully saturated rings. The van der Waals surface area contributed by atoms with Crippen LogP contribution in [0.15, 0.2) is 18.2 Å². The van der Waals surface area contributed by atoms with E-state index in [1.165, 1.54) is 12.1 Å². The Morgan fingerprint density at radius 1 is 1.50 bits per heavy atom. The van der Waals surface area contributed by atoms with Gasteiger partial charge in [-0.3, -0.25) is 0 Å². The van der Waals surface area contributed by atoms with Gasteiger partial charge in [0.25, 0.3) is 0 Å². The number of benzene rings is 1. The van der Waals surface area contributed by atoms with Gasteiger partial charge in [0.2, 0.25) is 0 Å². The highest BCUT2D eigenvalue weighted by atomic mass is 35.5. The Labute approximate surface area is 88.8 Å². The Morgan fingerprint density at radius 3 is 2.86 bits per heavy atom. The minimum absolute atomic E-state index is 0.263. The maximum absolute atomic E-state index is 12.9. The van der Waals surface area contributed by atoms with Crippen LogP contribution >= 0.6 is 11.6 Å². The first kappa shape index (κ1) is 11.5. The van der Waals surface area contributed by atoms with Crippen LogP contribution in [0.25, 0.3) is 0 Å². The molecule has 1 rings (SSSR count). The minimum Gasteiger partial charge on any atom is -0.385 e. The lowest BCUT2D eigenvalue weighted by molar-refractivity contribution is 0.199. The van der Waals surface area contributed by atoms with Crippen molar-refractivity contribution < 1.29 is 9.13 Å². The molecular formula is C11H13ClFO. The zero-order valence-electron chi connectivity index (χ0n) is 8.31. The highest BCUT2D eigenvalue weighted by molar-refractivity contribution is 6.31. The molecule has 0 atom stereocenters. The second-order valence-corrected chi connectivity index (χ2v) is 3.55. The van der Waals surface area contributed by atoms with Crippen molar-refractivity contribution in [2.24, 2.45) is 0 Å². The van der Waals surface area contributed by atoms with E-state index in [1.54, 1.807) is 13.2 Å². The molecule has 0 amide bonds. The molecule has 0 aliphatic heterocycles. The second kappa shape index (κ2) is 5.32. The van der Waals surface area contributed by atoms with Crippen molar-refractivity contribution in [3.8, 4) is 0 Å². The monoisotopic (exact) mass is 215 g/mol. The van der Waals surface area contributed by atoms with Gasteiger partial charge in [0.05, 0.1) is 0 Å². The summed E-state index contributed by atoms with van der Waals surface area (Å²) in [5, 5.41) is 0.583. The molecule has 0 unspecified atom stereocenters. The van der Waals surface area contributed by atoms with Crippen molar-refractivity contribution >= 4 is 11.6 Å². The number of methoxy groups -OCH3 is 1. The SMILES string of the molecule is COCC[C](C)c1cc(F)ccc1Cl. The number of halogens is 2. The van der Waals surface area contributed by atoms with Gasteiger partial charge in [-0.15, -0.1) is 0 Å². The molecule has 1 aromatic rings. The van der Waals surface area contributed by atoms with Crippen molar-refractivity contribution in [1.82, 2.24) is 0 Å². The van der Waals surface area contributed by atoms with Crippen molar-refractivity contribution in [3.63, 3.8) is 0 Å². The van der Waals surface area contributed by atoms with E-state index in [4.69, 9.17) is 16.3 Å². The summed E-state index contributed by atoms with van der Waals surface area (Å²) in [6.07, 6.45) is 0.764. The maximum atomic E-state index is 12.9. The van der Waals surface area contributed by atoms with Crippen molar-refractivity contribution in [3.05, 3.63) is 40.5 Å². The van der Waals surface area contributed by atoms with Crippen molar-refractivity contribution in [1.29, 1.82) is 0 Å². The Balaban J connectivity index is 2.77. The molecule has 1 nitrogen and oxygen atoms in total. The van der Waals surface area contributed by atoms with Gasteiger partial charge < -0.3 is 4.74 Å². The van der Waals surface area contributed by atoms with Gasteiger partial charge in [-0.1, -0.05) is 18.5 Å². The van der Waals surface area contributed by atoms with Crippen LogP contribution in [0.4, 0.5) is 4.39 Å². The van der Waals surface area contributed by atoms with Crippen molar-refractivity contribution in [2.75, 3.05) is 13.7 Å². The highest BCUT2D eigenvalue weighted by Crippen LogP contribution is 2.26. The fraction of sp³-hybridized carbons (Fsp3) is 0.364. The van der Waals surface area contributed by atoms with Crippen LogP contribution in [0.5, 0.6) is 0 Å². The molecule has 0 aliphatic rings. The summed E-state index contributed by atoms with van der Waals surface area (Å²) in [5.41, 5.74) is 0.767. The first-order chi connectivity index (χ1) is 6.65. The van der Waals surface area contributed by atoms with Gasteiger partial charge in [-0.2, -0.15) is 0 Å². The summed E-state index contributed by atoms with van der Waals surface area (Å²) in [5.74, 6) is 0.775. The number of hydrogen-bond donors (Lipinski definition) is 0. The Morgan fingerprint density at radius 2 is 2.21 bits per heavy atom. The van der Waals surface area contributed by atoms with Crippen LogP contribution in [-0.4, -0.2) is 13.7 Å². The zero-order chi connectivity index (χ0) is 10.6. The van der Waals surface area contributed by atoms with E-state index in [1.807, 2.05) is 6.92 Å². The van der Waals surface area contributed by atoms with Gasteiger partial charge in [-0.25, -0.2) is 4.39 Å². The van der Waals surface area contributed by atoms with E-state index >= 15 is 0 Å². The molecule has 3 heteroatoms. The van der Waals surface area contributed by atoms with Crippen LogP contribution < -0.4 is 0 Å². The van der Waals surface area contributed by atoms with E-state index in [0.29, 0.717) is 11.6 Å². The molecule has 0 bridgehead atoms. The number of rotatable bonds is 4. The molecule has 0 aromatic heterocycles. The van der Waals surface area contributed by atoms with Crippen LogP contribution in [-0.2, 0) is 4.74 Å². The maximum Gasteiger partial charge on any atom is 0.123 e. The standard InChI is InChI=1S/C11H13ClFO/c1-8(5-6-14-2)10-7-9(13)3-4-11(10)12/h3-4,7H,5-6H2,1-2H3. The van der Waals surface area contributed by atoms with E-state index in [-0.39, 0.29) is 5.82 Å². The lowest BCUT2D eigenvalue weighted by Gasteiger charge is -2.12. The molecule has 1 aromatic carbocycles. The van der Waals surface area contributed by atoms with Crippen LogP contribution in [0.1, 0.15) is 18.9 Å². The molecular weight excluding hydrogens is 203 g/mol. The number of ether oxygens (including phenoxy) is 1. The average molecular weight is 216 g/mol. The molecule has 0 saturated carbocycles. The summed E-state index contributed by atoms with van der Waals surface area (Å²) in [6, 6.07) is 4.38. The van der Waals surface area contributed by atoms with E-state index in [9.17, 15) is 4.39 Å². The van der Waals surface area contributed by atoms with Crippen LogP contribution in [0.3, 0.4) is 0 Å². The molecule has 1 radical (unpaired) electrons. The third-order valence-corrected chi connectivity index (χ3v) is 2.40. The lowest BCUT2D eigenvalue weighted by Crippen LogP contribution is -2.01. The van der Waals surface area contributed by atoms with E-state index < -0.39 is 0 Å². The normalized spacial score (nSPS) is 10.9. The van der Waals surface area contributed by atoms with Gasteiger partial charge in [0.15, 0.2) is 0 Å². The Bertz CT molecular complexity index is 301. The predicted octanol–water partition coefficient (Wildman–Crippen LogP) is 3.46. The summed E-state index contributed by atoms with van der Waals surface area (Å²) >= 11 is 5.94. The molecule has 0 N–H and O–H groups in total. The highest BCUT2D eigenvalue weighted by Gasteiger charge is 2.10. The Hall–Kier alpha value is -0.600. The molecule has 0 spiro atoms. The molecule has 77 valence electrons. The third-order valence-electron chi connectivity index (χ3n) is 2.07. The average Bonchev–Trinajstić information content (AvgIpc) is 2.18. The fourth-order valence-corrected chi connectivity index (χ4v) is 1.49. The predicted molar refractivity (Wildman–Crippen MR) is 55.9 cm³/mol. The zero-order valence-corrected chi connectivity index (χ0v) is 9.07. The van der Waals surface area contributed by atoms with E-state index in [0.717, 1.165) is 17.9 Å². The first-order valence-corrected chi connectivity index (χ1v) is 4.79. The third kappa shape index (κ3) is 2.96. The summed E-state index contributed by atoms with van der Waals surface area (Å²) in [7, 11) is 1.64. The second-order valence-electron chi connectivity index (χ2n) is 3.15. The quantitative estimate of drug-likeness (QED) is 0.748. The largest absolute Gasteiger partial charge is 0.385 e. The fourth-order valence-electron chi connectivity index (χ4n) is 1.21. The molecule has 0 aliphatic carbocycles. The Kier molecular flexibility index (Phi) is 4.36. The summed E-state index contributed by atoms with van der Waals surface area (Å²) < 4.78 is 17.9.